The molecule has 0 aliphatic carbocycles. The average Bonchev–Trinajstić information content (AvgIpc) is 3.14. The van der Waals surface area contributed by atoms with Crippen molar-refractivity contribution in [2.24, 2.45) is 26.3 Å². The number of rotatable bonds is 5. The first-order chi connectivity index (χ1) is 12.9. The Kier molecular flexibility index (Phi) is 7.13. The van der Waals surface area contributed by atoms with Crippen LogP contribution in [0.2, 0.25) is 0 Å². The Balaban J connectivity index is 2.29. The molecule has 0 aliphatic rings. The van der Waals surface area contributed by atoms with Crippen molar-refractivity contribution < 1.29 is 18.5 Å². The molecule has 0 aromatic carbocycles. The molecule has 3 atom stereocenters. The van der Waals surface area contributed by atoms with E-state index in [1.807, 2.05) is 25.3 Å². The molecule has 0 saturated carbocycles. The van der Waals surface area contributed by atoms with Gasteiger partial charge in [-0.05, 0) is 44.2 Å². The lowest BCUT2D eigenvalue weighted by Crippen LogP contribution is -2.26. The molecule has 10 heteroatoms. The number of carbonyl (C=O) groups is 2. The molecule has 2 aromatic rings. The quantitative estimate of drug-likeness (QED) is 0.665. The molecule has 2 unspecified atom stereocenters. The monoisotopic (exact) mass is 443 g/mol. The number of thiophene rings is 2. The highest BCUT2D eigenvalue weighted by Crippen LogP contribution is 2.33. The number of fused-ring (bicyclic) bond motifs is 1. The second-order valence-corrected chi connectivity index (χ2v) is 11.4. The van der Waals surface area contributed by atoms with Crippen molar-refractivity contribution >= 4 is 60.2 Å². The van der Waals surface area contributed by atoms with Crippen LogP contribution in [0.4, 0.5) is 4.79 Å². The number of nitrogens with two attached hydrogens (primary N) is 1. The fourth-order valence-electron chi connectivity index (χ4n) is 2.26. The molecule has 0 saturated heterocycles. The van der Waals surface area contributed by atoms with Gasteiger partial charge in [-0.15, -0.1) is 27.0 Å². The van der Waals surface area contributed by atoms with E-state index in [-0.39, 0.29) is 5.92 Å². The van der Waals surface area contributed by atoms with E-state index in [1.54, 1.807) is 26.8 Å². The summed E-state index contributed by atoms with van der Waals surface area (Å²) < 4.78 is 24.1. The summed E-state index contributed by atoms with van der Waals surface area (Å²) in [5, 5.41) is 7.83. The molecule has 2 aromatic heterocycles. The topological polar surface area (TPSA) is 111 Å². The fraction of sp³-hybridized carbons (Fsp3) is 0.500. The van der Waals surface area contributed by atoms with Crippen molar-refractivity contribution in [3.05, 3.63) is 17.5 Å². The van der Waals surface area contributed by atoms with Crippen LogP contribution in [0.3, 0.4) is 0 Å². The van der Waals surface area contributed by atoms with Gasteiger partial charge < -0.3 is 4.74 Å². The maximum atomic E-state index is 12.9. The van der Waals surface area contributed by atoms with E-state index in [1.165, 1.54) is 28.9 Å². The summed E-state index contributed by atoms with van der Waals surface area (Å²) in [4.78, 5) is 28.3. The third-order valence-electron chi connectivity index (χ3n) is 3.91. The summed E-state index contributed by atoms with van der Waals surface area (Å²) in [6, 6.07) is 3.61. The predicted molar refractivity (Wildman–Crippen MR) is 115 cm³/mol. The third-order valence-corrected chi connectivity index (χ3v) is 7.91. The minimum Gasteiger partial charge on any atom is -0.442 e. The second kappa shape index (κ2) is 8.81. The number of nitrogens with zero attached hydrogens (tertiary/aromatic N) is 2. The standard InChI is InChI=1S/C18H25N3O4S3/c1-6-11(2)12(10-20-17(23)25-18(3,4)5)16(22)21-28(19,24)15-9-14-13(27-15)7-8-26-14/h7-12H,6H2,1-5H3,(H2,19,21,22,24)/b20-10+/t11-,12?,28?/m0/s1. The van der Waals surface area contributed by atoms with Gasteiger partial charge in [0.2, 0.25) is 0 Å². The van der Waals surface area contributed by atoms with Crippen molar-refractivity contribution in [3.63, 3.8) is 0 Å². The molecule has 2 rings (SSSR count). The molecule has 2 amide bonds. The van der Waals surface area contributed by atoms with Gasteiger partial charge in [-0.25, -0.2) is 14.1 Å². The van der Waals surface area contributed by atoms with Crippen LogP contribution < -0.4 is 5.14 Å². The zero-order chi connectivity index (χ0) is 21.1. The predicted octanol–water partition coefficient (Wildman–Crippen LogP) is 4.86. The molecule has 0 spiro atoms. The minimum atomic E-state index is -3.37. The van der Waals surface area contributed by atoms with E-state index in [4.69, 9.17) is 9.88 Å². The lowest BCUT2D eigenvalue weighted by molar-refractivity contribution is -0.120. The first kappa shape index (κ1) is 22.7. The maximum absolute atomic E-state index is 12.9. The summed E-state index contributed by atoms with van der Waals surface area (Å²) in [6.45, 7) is 8.91. The van der Waals surface area contributed by atoms with E-state index in [0.717, 1.165) is 9.40 Å². The average molecular weight is 444 g/mol. The first-order valence-corrected chi connectivity index (χ1v) is 12.0. The maximum Gasteiger partial charge on any atom is 0.433 e. The highest BCUT2D eigenvalue weighted by Gasteiger charge is 2.25. The molecular formula is C18H25N3O4S3. The minimum absolute atomic E-state index is 0.163. The van der Waals surface area contributed by atoms with Crippen LogP contribution in [0, 0.1) is 11.8 Å². The largest absolute Gasteiger partial charge is 0.442 e. The molecule has 2 heterocycles. The Morgan fingerprint density at radius 3 is 2.61 bits per heavy atom. The van der Waals surface area contributed by atoms with Gasteiger partial charge in [0.15, 0.2) is 9.92 Å². The second-order valence-electron chi connectivity index (χ2n) is 7.38. The van der Waals surface area contributed by atoms with Gasteiger partial charge in [0.25, 0.3) is 5.91 Å². The van der Waals surface area contributed by atoms with Crippen molar-refractivity contribution in [3.8, 4) is 0 Å². The zero-order valence-electron chi connectivity index (χ0n) is 16.5. The van der Waals surface area contributed by atoms with Crippen LogP contribution in [0.1, 0.15) is 41.0 Å². The van der Waals surface area contributed by atoms with Crippen molar-refractivity contribution in [2.75, 3.05) is 0 Å². The molecule has 0 bridgehead atoms. The molecule has 28 heavy (non-hydrogen) atoms. The van der Waals surface area contributed by atoms with E-state index < -0.39 is 33.4 Å². The highest BCUT2D eigenvalue weighted by atomic mass is 32.2. The van der Waals surface area contributed by atoms with Crippen LogP contribution >= 0.6 is 22.7 Å². The van der Waals surface area contributed by atoms with Crippen LogP contribution in [0.15, 0.2) is 31.1 Å². The van der Waals surface area contributed by atoms with Crippen molar-refractivity contribution in [2.45, 2.75) is 50.8 Å². The van der Waals surface area contributed by atoms with E-state index >= 15 is 0 Å². The van der Waals surface area contributed by atoms with Gasteiger partial charge in [-0.1, -0.05) is 20.3 Å². The van der Waals surface area contributed by atoms with Crippen molar-refractivity contribution in [1.29, 1.82) is 0 Å². The van der Waals surface area contributed by atoms with E-state index in [0.29, 0.717) is 10.6 Å². The van der Waals surface area contributed by atoms with Crippen molar-refractivity contribution in [1.82, 2.24) is 0 Å². The first-order valence-electron chi connectivity index (χ1n) is 8.76. The lowest BCUT2D eigenvalue weighted by atomic mass is 9.92. The molecular weight excluding hydrogens is 418 g/mol. The molecule has 0 fully saturated rings. The SMILES string of the molecule is CC[C@H](C)C(/C=N/C(=O)OC(C)(C)C)C(=O)N=S(N)(=O)c1cc2sccc2s1. The van der Waals surface area contributed by atoms with E-state index in [9.17, 15) is 13.8 Å². The normalized spacial score (nSPS) is 16.6. The summed E-state index contributed by atoms with van der Waals surface area (Å²) in [7, 11) is -3.37. The van der Waals surface area contributed by atoms with Gasteiger partial charge in [0, 0.05) is 15.6 Å². The number of ether oxygens (including phenoxy) is 1. The van der Waals surface area contributed by atoms with Gasteiger partial charge in [-0.3, -0.25) is 4.79 Å². The van der Waals surface area contributed by atoms with Crippen LogP contribution in [-0.2, 0) is 19.4 Å². The summed E-state index contributed by atoms with van der Waals surface area (Å²) >= 11 is 2.76. The zero-order valence-corrected chi connectivity index (χ0v) is 19.0. The highest BCUT2D eigenvalue weighted by molar-refractivity contribution is 7.94. The summed E-state index contributed by atoms with van der Waals surface area (Å²) in [6.07, 6.45) is 1.07. The molecule has 7 nitrogen and oxygen atoms in total. The van der Waals surface area contributed by atoms with Crippen LogP contribution in [-0.4, -0.2) is 28.0 Å². The van der Waals surface area contributed by atoms with Gasteiger partial charge in [-0.2, -0.15) is 4.99 Å². The molecule has 154 valence electrons. The fourth-order valence-corrected chi connectivity index (χ4v) is 5.80. The Labute approximate surface area is 173 Å². The smallest absolute Gasteiger partial charge is 0.433 e. The Morgan fingerprint density at radius 1 is 1.36 bits per heavy atom. The van der Waals surface area contributed by atoms with E-state index in [2.05, 4.69) is 9.36 Å². The number of carbonyl (C=O) groups excluding carboxylic acids is 2. The Bertz CT molecular complexity index is 978. The molecule has 2 N–H and O–H groups in total. The summed E-state index contributed by atoms with van der Waals surface area (Å²) in [5.41, 5.74) is -0.688. The lowest BCUT2D eigenvalue weighted by Gasteiger charge is -2.18. The Hall–Kier alpha value is -1.62. The van der Waals surface area contributed by atoms with Crippen LogP contribution in [0.5, 0.6) is 0 Å². The third kappa shape index (κ3) is 5.94. The molecule has 0 aliphatic heterocycles. The summed E-state index contributed by atoms with van der Waals surface area (Å²) in [5.74, 6) is -1.64. The van der Waals surface area contributed by atoms with Crippen LogP contribution in [0.25, 0.3) is 9.40 Å². The molecule has 0 radical (unpaired) electrons. The number of hydrogen-bond acceptors (Lipinski definition) is 6. The van der Waals surface area contributed by atoms with Gasteiger partial charge >= 0.3 is 6.09 Å². The number of amides is 2. The number of aliphatic imine (C=N–C) groups is 1. The Morgan fingerprint density at radius 2 is 2.04 bits per heavy atom. The van der Waals surface area contributed by atoms with Gasteiger partial charge in [0.05, 0.1) is 5.92 Å². The number of hydrogen-bond donors (Lipinski definition) is 1. The van der Waals surface area contributed by atoms with Gasteiger partial charge in [0.1, 0.15) is 9.81 Å².